The van der Waals surface area contributed by atoms with Crippen molar-refractivity contribution in [3.63, 3.8) is 0 Å². The van der Waals surface area contributed by atoms with Crippen LogP contribution in [0.15, 0.2) is 24.3 Å². The summed E-state index contributed by atoms with van der Waals surface area (Å²) in [5.74, 6) is 0.159. The van der Waals surface area contributed by atoms with Crippen molar-refractivity contribution in [3.8, 4) is 0 Å². The van der Waals surface area contributed by atoms with Crippen LogP contribution in [0.1, 0.15) is 24.5 Å². The quantitative estimate of drug-likeness (QED) is 0.781. The zero-order chi connectivity index (χ0) is 20.1. The summed E-state index contributed by atoms with van der Waals surface area (Å²) in [6, 6.07) is 8.47. The predicted molar refractivity (Wildman–Crippen MR) is 102 cm³/mol. The molecule has 3 heterocycles. The summed E-state index contributed by atoms with van der Waals surface area (Å²) < 4.78 is 5.25. The summed E-state index contributed by atoms with van der Waals surface area (Å²) in [6.45, 7) is 6.15. The number of hydrogen-bond acceptors (Lipinski definition) is 5. The van der Waals surface area contributed by atoms with Gasteiger partial charge in [-0.2, -0.15) is 0 Å². The van der Waals surface area contributed by atoms with E-state index in [2.05, 4.69) is 36.1 Å². The van der Waals surface area contributed by atoms with Crippen LogP contribution in [0.4, 0.5) is 4.79 Å². The number of carbonyl (C=O) groups is 3. The van der Waals surface area contributed by atoms with E-state index in [0.717, 1.165) is 25.9 Å². The molecule has 1 aromatic carbocycles. The molecule has 0 bridgehead atoms. The molecule has 1 unspecified atom stereocenters. The van der Waals surface area contributed by atoms with E-state index in [9.17, 15) is 9.59 Å². The SMILES string of the molecule is CCC12COC(=O)N1CCN(C(=O)CN1CCc3ccccc3C1)C2.O=CO. The lowest BCUT2D eigenvalue weighted by atomic mass is 9.93. The first kappa shape index (κ1) is 20.1. The van der Waals surface area contributed by atoms with Gasteiger partial charge in [0.25, 0.3) is 6.47 Å². The van der Waals surface area contributed by atoms with Gasteiger partial charge in [0, 0.05) is 32.7 Å². The first-order chi connectivity index (χ1) is 13.5. The molecular weight excluding hydrogens is 362 g/mol. The standard InChI is InChI=1S/C19H25N3O3.CH2O2/c1-2-19-13-21(9-10-22(19)18(24)25-14-19)17(23)12-20-8-7-15-5-3-4-6-16(15)11-20;2-1-3/h3-6H,2,7-14H2,1H3;1H,(H,2,3). The highest BCUT2D eigenvalue weighted by Gasteiger charge is 2.50. The van der Waals surface area contributed by atoms with E-state index in [4.69, 9.17) is 14.6 Å². The monoisotopic (exact) mass is 389 g/mol. The van der Waals surface area contributed by atoms with Crippen LogP contribution in [0.3, 0.4) is 0 Å². The van der Waals surface area contributed by atoms with E-state index < -0.39 is 0 Å². The number of hydrogen-bond donors (Lipinski definition) is 1. The first-order valence-electron chi connectivity index (χ1n) is 9.62. The Morgan fingerprint density at radius 1 is 1.25 bits per heavy atom. The minimum absolute atomic E-state index is 0.159. The maximum absolute atomic E-state index is 12.8. The summed E-state index contributed by atoms with van der Waals surface area (Å²) in [4.78, 5) is 39.0. The Labute approximate surface area is 164 Å². The van der Waals surface area contributed by atoms with Crippen molar-refractivity contribution in [2.24, 2.45) is 0 Å². The summed E-state index contributed by atoms with van der Waals surface area (Å²) in [5.41, 5.74) is 2.39. The molecule has 2 fully saturated rings. The fraction of sp³-hybridized carbons (Fsp3) is 0.550. The second kappa shape index (κ2) is 8.60. The zero-order valence-corrected chi connectivity index (χ0v) is 16.2. The molecule has 0 aromatic heterocycles. The highest BCUT2D eigenvalue weighted by Crippen LogP contribution is 2.31. The molecule has 8 nitrogen and oxygen atoms in total. The van der Waals surface area contributed by atoms with Crippen LogP contribution in [-0.4, -0.2) is 83.1 Å². The lowest BCUT2D eigenvalue weighted by Gasteiger charge is -2.44. The van der Waals surface area contributed by atoms with Gasteiger partial charge in [0.2, 0.25) is 5.91 Å². The van der Waals surface area contributed by atoms with Gasteiger partial charge in [0.15, 0.2) is 0 Å². The Hall–Kier alpha value is -2.61. The number of benzene rings is 1. The Morgan fingerprint density at radius 3 is 2.68 bits per heavy atom. The summed E-state index contributed by atoms with van der Waals surface area (Å²) >= 11 is 0. The van der Waals surface area contributed by atoms with Crippen molar-refractivity contribution >= 4 is 18.5 Å². The van der Waals surface area contributed by atoms with Gasteiger partial charge < -0.3 is 14.7 Å². The van der Waals surface area contributed by atoms with Crippen molar-refractivity contribution in [3.05, 3.63) is 35.4 Å². The molecule has 0 aliphatic carbocycles. The van der Waals surface area contributed by atoms with Crippen molar-refractivity contribution in [1.82, 2.24) is 14.7 Å². The number of carbonyl (C=O) groups excluding carboxylic acids is 2. The van der Waals surface area contributed by atoms with Crippen molar-refractivity contribution in [2.45, 2.75) is 31.8 Å². The van der Waals surface area contributed by atoms with Crippen LogP contribution in [0.5, 0.6) is 0 Å². The van der Waals surface area contributed by atoms with Crippen molar-refractivity contribution < 1.29 is 24.2 Å². The lowest BCUT2D eigenvalue weighted by molar-refractivity contribution is -0.136. The third-order valence-electron chi connectivity index (χ3n) is 5.92. The fourth-order valence-corrected chi connectivity index (χ4v) is 4.26. The van der Waals surface area contributed by atoms with Crippen LogP contribution in [-0.2, 0) is 27.3 Å². The average molecular weight is 389 g/mol. The second-order valence-electron chi connectivity index (χ2n) is 7.43. The average Bonchev–Trinajstić information content (AvgIpc) is 3.05. The molecule has 0 spiro atoms. The highest BCUT2D eigenvalue weighted by atomic mass is 16.6. The molecule has 0 saturated carbocycles. The molecule has 4 rings (SSSR count). The van der Waals surface area contributed by atoms with E-state index >= 15 is 0 Å². The number of ether oxygens (including phenoxy) is 1. The normalized spacial score (nSPS) is 23.8. The lowest BCUT2D eigenvalue weighted by Crippen LogP contribution is -2.63. The molecule has 1 atom stereocenters. The largest absolute Gasteiger partial charge is 0.483 e. The van der Waals surface area contributed by atoms with Gasteiger partial charge in [-0.15, -0.1) is 0 Å². The van der Waals surface area contributed by atoms with Crippen molar-refractivity contribution in [1.29, 1.82) is 0 Å². The van der Waals surface area contributed by atoms with Crippen molar-refractivity contribution in [2.75, 3.05) is 39.3 Å². The van der Waals surface area contributed by atoms with E-state index in [-0.39, 0.29) is 24.0 Å². The number of nitrogens with zero attached hydrogens (tertiary/aromatic N) is 3. The topological polar surface area (TPSA) is 90.4 Å². The Morgan fingerprint density at radius 2 is 1.96 bits per heavy atom. The molecule has 28 heavy (non-hydrogen) atoms. The number of cyclic esters (lactones) is 1. The van der Waals surface area contributed by atoms with Gasteiger partial charge in [0.1, 0.15) is 6.61 Å². The van der Waals surface area contributed by atoms with Crippen LogP contribution >= 0.6 is 0 Å². The van der Waals surface area contributed by atoms with Crippen LogP contribution in [0, 0.1) is 0 Å². The van der Waals surface area contributed by atoms with Gasteiger partial charge in [-0.1, -0.05) is 31.2 Å². The molecular formula is C20H27N3O5. The molecule has 3 aliphatic heterocycles. The molecule has 8 heteroatoms. The van der Waals surface area contributed by atoms with E-state index in [1.807, 2.05) is 9.80 Å². The molecule has 3 aliphatic rings. The number of amides is 2. The Balaban J connectivity index is 0.000000706. The zero-order valence-electron chi connectivity index (χ0n) is 16.2. The Bertz CT molecular complexity index is 740. The fourth-order valence-electron chi connectivity index (χ4n) is 4.26. The molecule has 1 aromatic rings. The Kier molecular flexibility index (Phi) is 6.18. The number of piperazine rings is 1. The van der Waals surface area contributed by atoms with Crippen LogP contribution in [0.25, 0.3) is 0 Å². The third-order valence-corrected chi connectivity index (χ3v) is 5.92. The smallest absolute Gasteiger partial charge is 0.410 e. The number of carboxylic acid groups (broad SMARTS) is 1. The number of rotatable bonds is 3. The van der Waals surface area contributed by atoms with Gasteiger partial charge in [-0.05, 0) is 24.0 Å². The molecule has 2 amide bonds. The maximum Gasteiger partial charge on any atom is 0.410 e. The summed E-state index contributed by atoms with van der Waals surface area (Å²) in [7, 11) is 0. The van der Waals surface area contributed by atoms with Crippen LogP contribution < -0.4 is 0 Å². The van der Waals surface area contributed by atoms with E-state index in [0.29, 0.717) is 32.8 Å². The number of fused-ring (bicyclic) bond motifs is 2. The summed E-state index contributed by atoms with van der Waals surface area (Å²) in [5, 5.41) is 6.89. The molecule has 2 saturated heterocycles. The third kappa shape index (κ3) is 3.96. The molecule has 0 radical (unpaired) electrons. The second-order valence-corrected chi connectivity index (χ2v) is 7.43. The minimum atomic E-state index is -0.334. The van der Waals surface area contributed by atoms with E-state index in [1.54, 1.807) is 0 Å². The van der Waals surface area contributed by atoms with Gasteiger partial charge in [-0.3, -0.25) is 19.4 Å². The van der Waals surface area contributed by atoms with Gasteiger partial charge >= 0.3 is 6.09 Å². The minimum Gasteiger partial charge on any atom is -0.483 e. The maximum atomic E-state index is 12.8. The van der Waals surface area contributed by atoms with Gasteiger partial charge in [0.05, 0.1) is 12.1 Å². The van der Waals surface area contributed by atoms with E-state index in [1.165, 1.54) is 11.1 Å². The van der Waals surface area contributed by atoms with Crippen LogP contribution in [0.2, 0.25) is 0 Å². The summed E-state index contributed by atoms with van der Waals surface area (Å²) in [6.07, 6.45) is 1.57. The molecule has 1 N–H and O–H groups in total. The highest BCUT2D eigenvalue weighted by molar-refractivity contribution is 5.79. The first-order valence-corrected chi connectivity index (χ1v) is 9.62. The van der Waals surface area contributed by atoms with Gasteiger partial charge in [-0.25, -0.2) is 4.79 Å². The molecule has 152 valence electrons. The predicted octanol–water partition coefficient (Wildman–Crippen LogP) is 1.19.